The number of hydrogen-bond acceptors (Lipinski definition) is 3. The van der Waals surface area contributed by atoms with Crippen molar-refractivity contribution >= 4 is 5.91 Å². The van der Waals surface area contributed by atoms with Crippen molar-refractivity contribution in [3.05, 3.63) is 59.4 Å². The van der Waals surface area contributed by atoms with E-state index in [4.69, 9.17) is 0 Å². The zero-order valence-electron chi connectivity index (χ0n) is 12.5. The van der Waals surface area contributed by atoms with Gasteiger partial charge in [-0.05, 0) is 30.5 Å². The molecule has 1 aromatic carbocycles. The number of amides is 1. The van der Waals surface area contributed by atoms with Crippen molar-refractivity contribution < 1.29 is 9.18 Å². The Balaban J connectivity index is 1.82. The van der Waals surface area contributed by atoms with Crippen LogP contribution in [0.25, 0.3) is 0 Å². The number of nitrogens with zero attached hydrogens (tertiary/aromatic N) is 3. The first kappa shape index (κ1) is 14.6. The molecule has 0 aliphatic carbocycles. The molecule has 114 valence electrons. The van der Waals surface area contributed by atoms with Gasteiger partial charge in [0.2, 0.25) is 0 Å². The summed E-state index contributed by atoms with van der Waals surface area (Å²) in [5.74, 6) is 0.408. The molecule has 0 radical (unpaired) electrons. The van der Waals surface area contributed by atoms with Crippen molar-refractivity contribution in [2.45, 2.75) is 32.2 Å². The average molecular weight is 299 g/mol. The van der Waals surface area contributed by atoms with Gasteiger partial charge in [0.15, 0.2) is 0 Å². The van der Waals surface area contributed by atoms with Gasteiger partial charge in [0.1, 0.15) is 11.6 Å². The van der Waals surface area contributed by atoms with Crippen LogP contribution in [0.5, 0.6) is 0 Å². The molecule has 0 N–H and O–H groups in total. The fourth-order valence-electron chi connectivity index (χ4n) is 2.85. The van der Waals surface area contributed by atoms with E-state index in [1.165, 1.54) is 12.1 Å². The summed E-state index contributed by atoms with van der Waals surface area (Å²) >= 11 is 0. The molecule has 2 aromatic rings. The fourth-order valence-corrected chi connectivity index (χ4v) is 2.85. The molecule has 0 saturated carbocycles. The predicted molar refractivity (Wildman–Crippen MR) is 80.8 cm³/mol. The summed E-state index contributed by atoms with van der Waals surface area (Å²) in [4.78, 5) is 22.9. The molecule has 0 spiro atoms. The summed E-state index contributed by atoms with van der Waals surface area (Å²) in [7, 11) is 0. The summed E-state index contributed by atoms with van der Waals surface area (Å²) in [5.41, 5.74) is 1.48. The van der Waals surface area contributed by atoms with Crippen LogP contribution in [0.3, 0.4) is 0 Å². The van der Waals surface area contributed by atoms with E-state index in [1.54, 1.807) is 24.5 Å². The lowest BCUT2D eigenvalue weighted by molar-refractivity contribution is 0.0734. The van der Waals surface area contributed by atoms with E-state index < -0.39 is 0 Å². The number of halogens is 1. The number of aryl methyl sites for hydroxylation is 1. The topological polar surface area (TPSA) is 46.1 Å². The number of likely N-dealkylation sites (tertiary alicyclic amines) is 1. The van der Waals surface area contributed by atoms with Crippen molar-refractivity contribution in [1.29, 1.82) is 0 Å². The van der Waals surface area contributed by atoms with Crippen LogP contribution in [0, 0.1) is 5.82 Å². The second kappa shape index (κ2) is 6.22. The summed E-state index contributed by atoms with van der Waals surface area (Å²) in [6.45, 7) is 2.68. The zero-order valence-corrected chi connectivity index (χ0v) is 12.5. The lowest BCUT2D eigenvalue weighted by atomic mass is 10.0. The highest BCUT2D eigenvalue weighted by molar-refractivity contribution is 5.94. The highest BCUT2D eigenvalue weighted by Crippen LogP contribution is 2.33. The number of rotatable bonds is 3. The zero-order chi connectivity index (χ0) is 15.5. The first-order chi connectivity index (χ1) is 10.7. The Morgan fingerprint density at radius 2 is 1.95 bits per heavy atom. The predicted octanol–water partition coefficient (Wildman–Crippen LogP) is 3.16. The minimum atomic E-state index is -0.261. The molecule has 1 amide bonds. The molecule has 1 aliphatic rings. The Morgan fingerprint density at radius 3 is 2.59 bits per heavy atom. The molecule has 5 heteroatoms. The average Bonchev–Trinajstić information content (AvgIpc) is 3.04. The monoisotopic (exact) mass is 299 g/mol. The third-order valence-electron chi connectivity index (χ3n) is 4.04. The van der Waals surface area contributed by atoms with Gasteiger partial charge < -0.3 is 4.90 Å². The summed E-state index contributed by atoms with van der Waals surface area (Å²) in [5, 5.41) is 0. The van der Waals surface area contributed by atoms with Crippen LogP contribution in [0.15, 0.2) is 36.7 Å². The van der Waals surface area contributed by atoms with E-state index in [-0.39, 0.29) is 17.8 Å². The molecule has 1 aromatic heterocycles. The van der Waals surface area contributed by atoms with Crippen molar-refractivity contribution in [1.82, 2.24) is 14.9 Å². The van der Waals surface area contributed by atoms with Crippen molar-refractivity contribution in [2.24, 2.45) is 0 Å². The fraction of sp³-hybridized carbons (Fsp3) is 0.353. The molecule has 1 unspecified atom stereocenters. The highest BCUT2D eigenvalue weighted by atomic mass is 19.1. The van der Waals surface area contributed by atoms with Crippen molar-refractivity contribution in [3.8, 4) is 0 Å². The Labute approximate surface area is 129 Å². The van der Waals surface area contributed by atoms with Crippen molar-refractivity contribution in [3.63, 3.8) is 0 Å². The number of aromatic nitrogens is 2. The maximum atomic E-state index is 13.1. The summed E-state index contributed by atoms with van der Waals surface area (Å²) in [6.07, 6.45) is 5.77. The van der Waals surface area contributed by atoms with Crippen LogP contribution >= 0.6 is 0 Å². The van der Waals surface area contributed by atoms with Gasteiger partial charge in [-0.15, -0.1) is 0 Å². The third-order valence-corrected chi connectivity index (χ3v) is 4.04. The number of carbonyl (C=O) groups is 1. The second-order valence-electron chi connectivity index (χ2n) is 5.45. The van der Waals surface area contributed by atoms with E-state index in [0.29, 0.717) is 12.1 Å². The smallest absolute Gasteiger partial charge is 0.257 e. The Kier molecular flexibility index (Phi) is 4.13. The molecule has 2 heterocycles. The molecular formula is C17H18FN3O. The first-order valence-corrected chi connectivity index (χ1v) is 7.56. The minimum Gasteiger partial charge on any atom is -0.332 e. The van der Waals surface area contributed by atoms with Crippen LogP contribution in [0.1, 0.15) is 47.6 Å². The molecule has 4 nitrogen and oxygen atoms in total. The normalized spacial score (nSPS) is 17.7. The van der Waals surface area contributed by atoms with Gasteiger partial charge in [0.05, 0.1) is 11.6 Å². The van der Waals surface area contributed by atoms with Gasteiger partial charge >= 0.3 is 0 Å². The standard InChI is InChI=1S/C17H18FN3O/c1-2-16-19-10-13(11-20-16)17(22)21-9-3-4-15(21)12-5-7-14(18)8-6-12/h5-8,10-11,15H,2-4,9H2,1H3. The van der Waals surface area contributed by atoms with Gasteiger partial charge in [0.25, 0.3) is 5.91 Å². The molecule has 1 fully saturated rings. The molecule has 1 atom stereocenters. The molecule has 1 saturated heterocycles. The van der Waals surface area contributed by atoms with Crippen LogP contribution in [0.4, 0.5) is 4.39 Å². The largest absolute Gasteiger partial charge is 0.332 e. The quantitative estimate of drug-likeness (QED) is 0.874. The Bertz CT molecular complexity index is 655. The van der Waals surface area contributed by atoms with E-state index in [0.717, 1.165) is 30.7 Å². The van der Waals surface area contributed by atoms with Gasteiger partial charge in [-0.1, -0.05) is 19.1 Å². The summed E-state index contributed by atoms with van der Waals surface area (Å²) in [6, 6.07) is 6.38. The SMILES string of the molecule is CCc1ncc(C(=O)N2CCCC2c2ccc(F)cc2)cn1. The van der Waals surface area contributed by atoms with Crippen LogP contribution < -0.4 is 0 Å². The lowest BCUT2D eigenvalue weighted by Crippen LogP contribution is -2.30. The molecular weight excluding hydrogens is 281 g/mol. The Morgan fingerprint density at radius 1 is 1.27 bits per heavy atom. The summed E-state index contributed by atoms with van der Waals surface area (Å²) < 4.78 is 13.1. The van der Waals surface area contributed by atoms with E-state index in [2.05, 4.69) is 9.97 Å². The van der Waals surface area contributed by atoms with E-state index >= 15 is 0 Å². The van der Waals surface area contributed by atoms with Gasteiger partial charge in [-0.3, -0.25) is 4.79 Å². The third kappa shape index (κ3) is 2.84. The number of hydrogen-bond donors (Lipinski definition) is 0. The maximum absolute atomic E-state index is 13.1. The van der Waals surface area contributed by atoms with E-state index in [9.17, 15) is 9.18 Å². The van der Waals surface area contributed by atoms with Gasteiger partial charge in [0, 0.05) is 25.4 Å². The first-order valence-electron chi connectivity index (χ1n) is 7.56. The minimum absolute atomic E-state index is 0.000971. The van der Waals surface area contributed by atoms with Gasteiger partial charge in [-0.25, -0.2) is 14.4 Å². The molecule has 1 aliphatic heterocycles. The lowest BCUT2D eigenvalue weighted by Gasteiger charge is -2.25. The van der Waals surface area contributed by atoms with Crippen molar-refractivity contribution in [2.75, 3.05) is 6.54 Å². The number of benzene rings is 1. The van der Waals surface area contributed by atoms with Crippen LogP contribution in [-0.4, -0.2) is 27.3 Å². The maximum Gasteiger partial charge on any atom is 0.257 e. The molecule has 3 rings (SSSR count). The molecule has 22 heavy (non-hydrogen) atoms. The van der Waals surface area contributed by atoms with Crippen LogP contribution in [-0.2, 0) is 6.42 Å². The van der Waals surface area contributed by atoms with Crippen LogP contribution in [0.2, 0.25) is 0 Å². The molecule has 0 bridgehead atoms. The second-order valence-corrected chi connectivity index (χ2v) is 5.45. The van der Waals surface area contributed by atoms with Gasteiger partial charge in [-0.2, -0.15) is 0 Å². The highest BCUT2D eigenvalue weighted by Gasteiger charge is 2.30. The number of carbonyl (C=O) groups excluding carboxylic acids is 1. The van der Waals surface area contributed by atoms with E-state index in [1.807, 2.05) is 11.8 Å². The Hall–Kier alpha value is -2.30.